The van der Waals surface area contributed by atoms with Crippen molar-refractivity contribution in [3.05, 3.63) is 39.9 Å². The van der Waals surface area contributed by atoms with Crippen molar-refractivity contribution in [1.82, 2.24) is 4.90 Å². The maximum Gasteiger partial charge on any atom is 0.269 e. The van der Waals surface area contributed by atoms with Gasteiger partial charge in [-0.05, 0) is 12.5 Å². The van der Waals surface area contributed by atoms with E-state index in [-0.39, 0.29) is 23.6 Å². The van der Waals surface area contributed by atoms with Crippen LogP contribution in [0.25, 0.3) is 0 Å². The van der Waals surface area contributed by atoms with E-state index < -0.39 is 4.92 Å². The van der Waals surface area contributed by atoms with E-state index in [2.05, 4.69) is 0 Å². The number of amides is 1. The summed E-state index contributed by atoms with van der Waals surface area (Å²) >= 11 is 0. The van der Waals surface area contributed by atoms with Crippen LogP contribution in [0.15, 0.2) is 24.3 Å². The van der Waals surface area contributed by atoms with E-state index in [0.29, 0.717) is 0 Å². The van der Waals surface area contributed by atoms with Crippen molar-refractivity contribution in [2.75, 3.05) is 7.05 Å². The van der Waals surface area contributed by atoms with E-state index in [9.17, 15) is 14.9 Å². The number of hydrogen-bond donors (Lipinski definition) is 0. The molecule has 0 aliphatic heterocycles. The van der Waals surface area contributed by atoms with Crippen LogP contribution in [0.5, 0.6) is 0 Å². The van der Waals surface area contributed by atoms with Crippen LogP contribution >= 0.6 is 0 Å². The molecule has 0 bridgehead atoms. The second kappa shape index (κ2) is 5.62. The first kappa shape index (κ1) is 14.2. The highest BCUT2D eigenvalue weighted by molar-refractivity contribution is 5.78. The summed E-state index contributed by atoms with van der Waals surface area (Å²) in [6, 6.07) is 6.20. The summed E-state index contributed by atoms with van der Waals surface area (Å²) in [5.41, 5.74) is 0.811. The molecule has 0 N–H and O–H groups in total. The van der Waals surface area contributed by atoms with Crippen LogP contribution in [-0.2, 0) is 4.79 Å². The van der Waals surface area contributed by atoms with Crippen molar-refractivity contribution in [1.29, 1.82) is 0 Å². The Bertz CT molecular complexity index is 457. The molecule has 1 unspecified atom stereocenters. The molecular formula is C13H18N2O3. The van der Waals surface area contributed by atoms with Crippen LogP contribution in [-0.4, -0.2) is 22.8 Å². The van der Waals surface area contributed by atoms with Crippen molar-refractivity contribution < 1.29 is 9.72 Å². The maximum absolute atomic E-state index is 11.9. The van der Waals surface area contributed by atoms with Gasteiger partial charge >= 0.3 is 0 Å². The summed E-state index contributed by atoms with van der Waals surface area (Å²) in [5, 5.41) is 10.7. The Hall–Kier alpha value is -1.91. The summed E-state index contributed by atoms with van der Waals surface area (Å²) in [6.07, 6.45) is 0. The average Bonchev–Trinajstić information content (AvgIpc) is 2.36. The minimum absolute atomic E-state index is 0.0222. The largest absolute Gasteiger partial charge is 0.339 e. The minimum Gasteiger partial charge on any atom is -0.339 e. The molecule has 0 radical (unpaired) electrons. The van der Waals surface area contributed by atoms with Gasteiger partial charge in [0.25, 0.3) is 5.69 Å². The van der Waals surface area contributed by atoms with Gasteiger partial charge in [0.15, 0.2) is 0 Å². The lowest BCUT2D eigenvalue weighted by atomic mass is 10.0. The molecule has 0 aliphatic carbocycles. The van der Waals surface area contributed by atoms with Crippen LogP contribution in [0.1, 0.15) is 32.4 Å². The summed E-state index contributed by atoms with van der Waals surface area (Å²) < 4.78 is 0. The van der Waals surface area contributed by atoms with Gasteiger partial charge in [0.05, 0.1) is 11.0 Å². The molecule has 18 heavy (non-hydrogen) atoms. The standard InChI is InChI=1S/C13H18N2O3/c1-9(2)13(16)14(4)10(3)11-6-5-7-12(8-11)15(17)18/h5-10H,1-4H3. The zero-order chi connectivity index (χ0) is 13.9. The molecule has 5 nitrogen and oxygen atoms in total. The second-order valence-electron chi connectivity index (χ2n) is 4.63. The van der Waals surface area contributed by atoms with Gasteiger partial charge in [-0.25, -0.2) is 0 Å². The van der Waals surface area contributed by atoms with Crippen molar-refractivity contribution in [2.45, 2.75) is 26.8 Å². The zero-order valence-corrected chi connectivity index (χ0v) is 11.1. The molecule has 1 aromatic rings. The second-order valence-corrected chi connectivity index (χ2v) is 4.63. The van der Waals surface area contributed by atoms with E-state index in [1.165, 1.54) is 12.1 Å². The lowest BCUT2D eigenvalue weighted by Crippen LogP contribution is -2.32. The molecule has 0 heterocycles. The molecular weight excluding hydrogens is 232 g/mol. The molecule has 5 heteroatoms. The van der Waals surface area contributed by atoms with Crippen molar-refractivity contribution in [3.8, 4) is 0 Å². The van der Waals surface area contributed by atoms with Gasteiger partial charge in [-0.3, -0.25) is 14.9 Å². The van der Waals surface area contributed by atoms with Crippen LogP contribution in [0.3, 0.4) is 0 Å². The number of nitro benzene ring substituents is 1. The molecule has 1 rings (SSSR count). The van der Waals surface area contributed by atoms with Gasteiger partial charge < -0.3 is 4.90 Å². The summed E-state index contributed by atoms with van der Waals surface area (Å²) in [5.74, 6) is -0.0647. The fourth-order valence-corrected chi connectivity index (χ4v) is 1.72. The Morgan fingerprint density at radius 2 is 1.94 bits per heavy atom. The van der Waals surface area contributed by atoms with Crippen LogP contribution < -0.4 is 0 Å². The SMILES string of the molecule is CC(C)C(=O)N(C)C(C)c1cccc([N+](=O)[O-])c1. The van der Waals surface area contributed by atoms with E-state index in [4.69, 9.17) is 0 Å². The molecule has 0 aromatic heterocycles. The number of carbonyl (C=O) groups excluding carboxylic acids is 1. The Labute approximate surface area is 107 Å². The van der Waals surface area contributed by atoms with Gasteiger partial charge in [0.1, 0.15) is 0 Å². The quantitative estimate of drug-likeness (QED) is 0.609. The van der Waals surface area contributed by atoms with E-state index in [1.54, 1.807) is 24.1 Å². The zero-order valence-electron chi connectivity index (χ0n) is 11.1. The van der Waals surface area contributed by atoms with Gasteiger partial charge in [-0.1, -0.05) is 26.0 Å². The molecule has 98 valence electrons. The monoisotopic (exact) mass is 250 g/mol. The molecule has 0 saturated carbocycles. The van der Waals surface area contributed by atoms with E-state index in [1.807, 2.05) is 20.8 Å². The predicted molar refractivity (Wildman–Crippen MR) is 69.1 cm³/mol. The third-order valence-electron chi connectivity index (χ3n) is 2.99. The average molecular weight is 250 g/mol. The fraction of sp³-hybridized carbons (Fsp3) is 0.462. The van der Waals surface area contributed by atoms with Gasteiger partial charge in [-0.2, -0.15) is 0 Å². The lowest BCUT2D eigenvalue weighted by Gasteiger charge is -2.26. The maximum atomic E-state index is 11.9. The number of nitrogens with zero attached hydrogens (tertiary/aromatic N) is 2. The minimum atomic E-state index is -0.430. The number of non-ortho nitro benzene ring substituents is 1. The molecule has 1 aromatic carbocycles. The van der Waals surface area contributed by atoms with Crippen molar-refractivity contribution in [3.63, 3.8) is 0 Å². The number of benzene rings is 1. The Kier molecular flexibility index (Phi) is 4.42. The highest BCUT2D eigenvalue weighted by Crippen LogP contribution is 2.23. The number of carbonyl (C=O) groups is 1. The Morgan fingerprint density at radius 1 is 1.33 bits per heavy atom. The van der Waals surface area contributed by atoms with Gasteiger partial charge in [-0.15, -0.1) is 0 Å². The fourth-order valence-electron chi connectivity index (χ4n) is 1.72. The Morgan fingerprint density at radius 3 is 2.44 bits per heavy atom. The van der Waals surface area contributed by atoms with Crippen LogP contribution in [0.4, 0.5) is 5.69 Å². The van der Waals surface area contributed by atoms with Crippen LogP contribution in [0.2, 0.25) is 0 Å². The first-order chi connectivity index (χ1) is 8.34. The summed E-state index contributed by atoms with van der Waals surface area (Å²) in [7, 11) is 1.71. The van der Waals surface area contributed by atoms with Gasteiger partial charge in [0.2, 0.25) is 5.91 Å². The topological polar surface area (TPSA) is 63.5 Å². The van der Waals surface area contributed by atoms with Crippen molar-refractivity contribution >= 4 is 11.6 Å². The third kappa shape index (κ3) is 3.06. The van der Waals surface area contributed by atoms with Crippen LogP contribution in [0, 0.1) is 16.0 Å². The third-order valence-corrected chi connectivity index (χ3v) is 2.99. The molecule has 0 aliphatic rings. The molecule has 0 saturated heterocycles. The van der Waals surface area contributed by atoms with Gasteiger partial charge in [0, 0.05) is 25.1 Å². The highest BCUT2D eigenvalue weighted by atomic mass is 16.6. The highest BCUT2D eigenvalue weighted by Gasteiger charge is 2.20. The predicted octanol–water partition coefficient (Wildman–Crippen LogP) is 2.77. The molecule has 1 atom stereocenters. The first-order valence-corrected chi connectivity index (χ1v) is 5.85. The first-order valence-electron chi connectivity index (χ1n) is 5.85. The number of nitro groups is 1. The van der Waals surface area contributed by atoms with Crippen molar-refractivity contribution in [2.24, 2.45) is 5.92 Å². The molecule has 1 amide bonds. The van der Waals surface area contributed by atoms with E-state index in [0.717, 1.165) is 5.56 Å². The Balaban J connectivity index is 2.96. The smallest absolute Gasteiger partial charge is 0.269 e. The molecule has 0 spiro atoms. The van der Waals surface area contributed by atoms with E-state index >= 15 is 0 Å². The summed E-state index contributed by atoms with van der Waals surface area (Å²) in [4.78, 5) is 23.8. The number of hydrogen-bond acceptors (Lipinski definition) is 3. The number of rotatable bonds is 4. The summed E-state index contributed by atoms with van der Waals surface area (Å²) in [6.45, 7) is 5.53. The molecule has 0 fully saturated rings. The normalized spacial score (nSPS) is 12.3. The lowest BCUT2D eigenvalue weighted by molar-refractivity contribution is -0.384.